The molecule has 0 amide bonds. The van der Waals surface area contributed by atoms with E-state index in [1.165, 1.54) is 0 Å². The average molecular weight is 206 g/mol. The van der Waals surface area contributed by atoms with Gasteiger partial charge >= 0.3 is 0 Å². The Morgan fingerprint density at radius 2 is 2.27 bits per heavy atom. The van der Waals surface area contributed by atoms with Gasteiger partial charge in [0.2, 0.25) is 5.76 Å². The van der Waals surface area contributed by atoms with E-state index in [0.717, 1.165) is 5.69 Å². The third kappa shape index (κ3) is 2.47. The van der Waals surface area contributed by atoms with Gasteiger partial charge in [0, 0.05) is 18.7 Å². The number of hydrogen-bond acceptors (Lipinski definition) is 4. The first-order valence-electron chi connectivity index (χ1n) is 4.98. The van der Waals surface area contributed by atoms with E-state index >= 15 is 0 Å². The number of aromatic nitrogens is 1. The van der Waals surface area contributed by atoms with Crippen molar-refractivity contribution in [1.82, 2.24) is 10.5 Å². The van der Waals surface area contributed by atoms with Crippen LogP contribution in [0.4, 0.5) is 0 Å². The summed E-state index contributed by atoms with van der Waals surface area (Å²) in [5.41, 5.74) is 0.884. The monoisotopic (exact) mass is 206 g/mol. The van der Waals surface area contributed by atoms with E-state index in [4.69, 9.17) is 8.94 Å². The van der Waals surface area contributed by atoms with Crippen molar-refractivity contribution in [1.29, 1.82) is 0 Å². The van der Waals surface area contributed by atoms with Crippen LogP contribution >= 0.6 is 0 Å². The van der Waals surface area contributed by atoms with E-state index in [2.05, 4.69) is 24.3 Å². The maximum atomic E-state index is 5.20. The Morgan fingerprint density at radius 3 is 2.93 bits per heavy atom. The van der Waals surface area contributed by atoms with Crippen LogP contribution < -0.4 is 5.32 Å². The van der Waals surface area contributed by atoms with Crippen LogP contribution in [0.3, 0.4) is 0 Å². The second-order valence-corrected chi connectivity index (χ2v) is 3.70. The molecule has 0 atom stereocenters. The third-order valence-corrected chi connectivity index (χ3v) is 2.01. The summed E-state index contributed by atoms with van der Waals surface area (Å²) >= 11 is 0. The number of rotatable bonds is 4. The van der Waals surface area contributed by atoms with Crippen molar-refractivity contribution in [3.63, 3.8) is 0 Å². The van der Waals surface area contributed by atoms with Crippen LogP contribution in [-0.4, -0.2) is 11.2 Å². The van der Waals surface area contributed by atoms with Gasteiger partial charge < -0.3 is 14.3 Å². The molecule has 0 radical (unpaired) electrons. The highest BCUT2D eigenvalue weighted by Crippen LogP contribution is 2.20. The van der Waals surface area contributed by atoms with Crippen LogP contribution in [0.25, 0.3) is 11.5 Å². The first-order valence-corrected chi connectivity index (χ1v) is 4.98. The highest BCUT2D eigenvalue weighted by molar-refractivity contribution is 5.49. The van der Waals surface area contributed by atoms with Gasteiger partial charge in [-0.25, -0.2) is 0 Å². The molecule has 4 heteroatoms. The molecular weight excluding hydrogens is 192 g/mol. The molecule has 80 valence electrons. The fourth-order valence-electron chi connectivity index (χ4n) is 1.24. The van der Waals surface area contributed by atoms with Crippen molar-refractivity contribution >= 4 is 0 Å². The Bertz CT molecular complexity index is 404. The Labute approximate surface area is 88.3 Å². The van der Waals surface area contributed by atoms with Crippen LogP contribution in [0, 0.1) is 0 Å². The van der Waals surface area contributed by atoms with E-state index in [-0.39, 0.29) is 0 Å². The molecule has 15 heavy (non-hydrogen) atoms. The molecule has 0 fully saturated rings. The second kappa shape index (κ2) is 4.31. The zero-order valence-electron chi connectivity index (χ0n) is 8.86. The summed E-state index contributed by atoms with van der Waals surface area (Å²) < 4.78 is 10.4. The molecule has 0 unspecified atom stereocenters. The minimum atomic E-state index is 0.439. The van der Waals surface area contributed by atoms with Crippen LogP contribution in [0.2, 0.25) is 0 Å². The molecule has 0 aliphatic carbocycles. The van der Waals surface area contributed by atoms with Crippen LogP contribution in [0.1, 0.15) is 19.5 Å². The van der Waals surface area contributed by atoms with Crippen LogP contribution in [-0.2, 0) is 6.54 Å². The topological polar surface area (TPSA) is 51.2 Å². The van der Waals surface area contributed by atoms with Gasteiger partial charge in [-0.05, 0) is 12.1 Å². The van der Waals surface area contributed by atoms with E-state index in [1.807, 2.05) is 18.2 Å². The van der Waals surface area contributed by atoms with Gasteiger partial charge in [-0.3, -0.25) is 0 Å². The smallest absolute Gasteiger partial charge is 0.202 e. The minimum Gasteiger partial charge on any atom is -0.461 e. The molecule has 0 bridgehead atoms. The average Bonchev–Trinajstić information content (AvgIpc) is 2.85. The molecule has 0 aromatic carbocycles. The van der Waals surface area contributed by atoms with Crippen molar-refractivity contribution in [2.75, 3.05) is 0 Å². The van der Waals surface area contributed by atoms with Crippen molar-refractivity contribution in [2.45, 2.75) is 26.4 Å². The van der Waals surface area contributed by atoms with Crippen LogP contribution in [0.15, 0.2) is 33.4 Å². The maximum absolute atomic E-state index is 5.20. The molecule has 0 aliphatic heterocycles. The number of hydrogen-bond donors (Lipinski definition) is 1. The molecule has 0 saturated carbocycles. The number of furan rings is 1. The Kier molecular flexibility index (Phi) is 2.87. The normalized spacial score (nSPS) is 11.1. The largest absolute Gasteiger partial charge is 0.461 e. The predicted molar refractivity (Wildman–Crippen MR) is 56.2 cm³/mol. The fraction of sp³-hybridized carbons (Fsp3) is 0.364. The molecule has 0 spiro atoms. The molecule has 1 N–H and O–H groups in total. The van der Waals surface area contributed by atoms with E-state index < -0.39 is 0 Å². The van der Waals surface area contributed by atoms with E-state index in [1.54, 1.807) is 6.26 Å². The number of nitrogens with one attached hydrogen (secondary N) is 1. The lowest BCUT2D eigenvalue weighted by Crippen LogP contribution is -2.21. The third-order valence-electron chi connectivity index (χ3n) is 2.01. The van der Waals surface area contributed by atoms with Gasteiger partial charge in [0.1, 0.15) is 0 Å². The Morgan fingerprint density at radius 1 is 1.40 bits per heavy atom. The van der Waals surface area contributed by atoms with Crippen LogP contribution in [0.5, 0.6) is 0 Å². The van der Waals surface area contributed by atoms with E-state index in [0.29, 0.717) is 24.1 Å². The molecule has 2 aromatic rings. The van der Waals surface area contributed by atoms with Gasteiger partial charge in [0.15, 0.2) is 5.76 Å². The highest BCUT2D eigenvalue weighted by Gasteiger charge is 2.08. The SMILES string of the molecule is CC(C)NCc1cc(-c2ccco2)on1. The quantitative estimate of drug-likeness (QED) is 0.834. The Balaban J connectivity index is 2.04. The van der Waals surface area contributed by atoms with Gasteiger partial charge in [-0.1, -0.05) is 19.0 Å². The fourth-order valence-corrected chi connectivity index (χ4v) is 1.24. The molecule has 2 aromatic heterocycles. The minimum absolute atomic E-state index is 0.439. The van der Waals surface area contributed by atoms with Crippen molar-refractivity contribution in [3.8, 4) is 11.5 Å². The molecule has 0 saturated heterocycles. The standard InChI is InChI=1S/C11H14N2O2/c1-8(2)12-7-9-6-11(15-13-9)10-4-3-5-14-10/h3-6,8,12H,7H2,1-2H3. The highest BCUT2D eigenvalue weighted by atomic mass is 16.5. The van der Waals surface area contributed by atoms with Crippen molar-refractivity contribution < 1.29 is 8.94 Å². The van der Waals surface area contributed by atoms with Crippen molar-refractivity contribution in [3.05, 3.63) is 30.2 Å². The molecule has 0 aliphatic rings. The molecule has 2 rings (SSSR count). The molecule has 4 nitrogen and oxygen atoms in total. The van der Waals surface area contributed by atoms with E-state index in [9.17, 15) is 0 Å². The Hall–Kier alpha value is -1.55. The summed E-state index contributed by atoms with van der Waals surface area (Å²) in [7, 11) is 0. The van der Waals surface area contributed by atoms with Gasteiger partial charge in [0.25, 0.3) is 0 Å². The summed E-state index contributed by atoms with van der Waals surface area (Å²) in [5.74, 6) is 1.37. The first kappa shape index (κ1) is 9.98. The maximum Gasteiger partial charge on any atom is 0.202 e. The zero-order chi connectivity index (χ0) is 10.7. The van der Waals surface area contributed by atoms with Gasteiger partial charge in [-0.2, -0.15) is 0 Å². The molecule has 2 heterocycles. The first-order chi connectivity index (χ1) is 7.25. The second-order valence-electron chi connectivity index (χ2n) is 3.70. The summed E-state index contributed by atoms with van der Waals surface area (Å²) in [4.78, 5) is 0. The lowest BCUT2D eigenvalue weighted by molar-refractivity contribution is 0.406. The number of nitrogens with zero attached hydrogens (tertiary/aromatic N) is 1. The lowest BCUT2D eigenvalue weighted by Gasteiger charge is -2.03. The summed E-state index contributed by atoms with van der Waals surface area (Å²) in [6, 6.07) is 5.99. The summed E-state index contributed by atoms with van der Waals surface area (Å²) in [5, 5.41) is 7.21. The molecular formula is C11H14N2O2. The van der Waals surface area contributed by atoms with Gasteiger partial charge in [-0.15, -0.1) is 0 Å². The summed E-state index contributed by atoms with van der Waals surface area (Å²) in [6.45, 7) is 4.89. The zero-order valence-corrected chi connectivity index (χ0v) is 8.86. The van der Waals surface area contributed by atoms with Crippen molar-refractivity contribution in [2.24, 2.45) is 0 Å². The summed E-state index contributed by atoms with van der Waals surface area (Å²) in [6.07, 6.45) is 1.61. The van der Waals surface area contributed by atoms with Gasteiger partial charge in [0.05, 0.1) is 12.0 Å². The lowest BCUT2D eigenvalue weighted by atomic mass is 10.3. The predicted octanol–water partition coefficient (Wildman–Crippen LogP) is 2.43.